The molecule has 0 saturated heterocycles. The van der Waals surface area contributed by atoms with Crippen molar-refractivity contribution in [3.8, 4) is 0 Å². The van der Waals surface area contributed by atoms with E-state index in [1.54, 1.807) is 0 Å². The summed E-state index contributed by atoms with van der Waals surface area (Å²) in [6.45, 7) is 3.83. The summed E-state index contributed by atoms with van der Waals surface area (Å²) >= 11 is -1.96. The third kappa shape index (κ3) is 23.1. The van der Waals surface area contributed by atoms with Gasteiger partial charge >= 0.3 is 108 Å². The van der Waals surface area contributed by atoms with Gasteiger partial charge in [-0.1, -0.05) is 286 Å². The monoisotopic (exact) mass is 1320 g/mol. The fourth-order valence-corrected chi connectivity index (χ4v) is 15.9. The Bertz CT molecular complexity index is 2360. The number of hydrogen-bond donors (Lipinski definition) is 0. The fourth-order valence-electron chi connectivity index (χ4n) is 7.15. The van der Waals surface area contributed by atoms with Gasteiger partial charge in [0.25, 0.3) is 0 Å². The second kappa shape index (κ2) is 39.9. The van der Waals surface area contributed by atoms with E-state index in [1.165, 1.54) is 47.7 Å². The SMILES string of the molecule is CP.CP.[Cl][Ru]([Cl])=[CH]c1ccccc1.[Cl][Ru][Cl].c1ccc(P(c2ccccc2)c2ccccc2)cc1.c1ccc(P(c2ccccc2)c2ccccc2)cc1.c1ccc(P(c2ccccc2)c2ccccc2)cc1. The van der Waals surface area contributed by atoms with Crippen LogP contribution in [0.4, 0.5) is 0 Å². The van der Waals surface area contributed by atoms with Crippen molar-refractivity contribution in [2.45, 2.75) is 0 Å². The van der Waals surface area contributed by atoms with Crippen LogP contribution in [0.1, 0.15) is 5.56 Å². The number of benzene rings is 10. The minimum atomic E-state index is -1.61. The first-order valence-corrected chi connectivity index (χ1v) is 39.6. The van der Waals surface area contributed by atoms with Crippen LogP contribution in [0.2, 0.25) is 0 Å². The first kappa shape index (κ1) is 63.2. The maximum absolute atomic E-state index is 5.67. The maximum Gasteiger partial charge on any atom is -0.0134 e. The molecule has 0 aliphatic heterocycles. The summed E-state index contributed by atoms with van der Waals surface area (Å²) in [6, 6.07) is 107. The molecule has 0 aliphatic rings. The zero-order chi connectivity index (χ0) is 52.9. The van der Waals surface area contributed by atoms with Crippen LogP contribution >= 0.6 is 81.0 Å². The van der Waals surface area contributed by atoms with Crippen molar-refractivity contribution in [1.29, 1.82) is 0 Å². The first-order chi connectivity index (χ1) is 36.6. The van der Waals surface area contributed by atoms with E-state index in [0.717, 1.165) is 5.56 Å². The quantitative estimate of drug-likeness (QED) is 0.0946. The van der Waals surface area contributed by atoms with Crippen LogP contribution in [0.25, 0.3) is 0 Å². The molecule has 11 heteroatoms. The summed E-state index contributed by atoms with van der Waals surface area (Å²) in [5, 5.41) is 12.6. The van der Waals surface area contributed by atoms with E-state index in [1.807, 2.05) is 48.3 Å². The van der Waals surface area contributed by atoms with Crippen molar-refractivity contribution in [2.24, 2.45) is 0 Å². The smallest absolute Gasteiger partial charge is 0.0134 e. The maximum atomic E-state index is 5.67. The van der Waals surface area contributed by atoms with Crippen molar-refractivity contribution >= 4 is 133 Å². The molecule has 0 radical (unpaired) electrons. The molecule has 0 spiro atoms. The molecule has 10 aromatic carbocycles. The summed E-state index contributed by atoms with van der Waals surface area (Å²) < 4.78 is 1.92. The number of hydrogen-bond acceptors (Lipinski definition) is 0. The summed E-state index contributed by atoms with van der Waals surface area (Å²) in [6.07, 6.45) is 0. The average molecular weight is 1320 g/mol. The third-order valence-corrected chi connectivity index (χ3v) is 19.3. The molecule has 74 heavy (non-hydrogen) atoms. The standard InChI is InChI=1S/3C18H15P.C7H6.2CH5P.4ClH.2Ru/c3*1-4-10-16(11-5-1)19(17-12-6-2-7-13-17)18-14-8-3-9-15-18;1-7-5-3-2-4-6-7;2*1-2;;;;;;/h3*1-15H;1-6H;2*2H2,1H3;4*1H;;/q;;;;;;;;;;2*+2/p-4. The molecule has 0 saturated carbocycles. The predicted molar refractivity (Wildman–Crippen MR) is 342 cm³/mol. The van der Waals surface area contributed by atoms with Crippen LogP contribution in [0.5, 0.6) is 0 Å². The van der Waals surface area contributed by atoms with Crippen molar-refractivity contribution in [3.05, 3.63) is 309 Å². The van der Waals surface area contributed by atoms with Gasteiger partial charge in [-0.15, -0.1) is 18.5 Å². The largest absolute Gasteiger partial charge is 0.0622 e. The van der Waals surface area contributed by atoms with E-state index in [-0.39, 0.29) is 15.1 Å². The minimum absolute atomic E-state index is 0.346. The molecular weight excluding hydrogens is 1260 g/mol. The normalized spacial score (nSPS) is 10.1. The molecule has 382 valence electrons. The Morgan fingerprint density at radius 3 is 0.514 bits per heavy atom. The molecule has 0 fully saturated rings. The predicted octanol–water partition coefficient (Wildman–Crippen LogP) is 15.5. The van der Waals surface area contributed by atoms with Gasteiger partial charge in [0.15, 0.2) is 0 Å². The van der Waals surface area contributed by atoms with Gasteiger partial charge in [-0.05, 0) is 71.5 Å². The number of rotatable bonds is 10. The Kier molecular flexibility index (Phi) is 34.1. The Labute approximate surface area is 479 Å². The Hall–Kier alpha value is -3.37. The van der Waals surface area contributed by atoms with Gasteiger partial charge < -0.3 is 0 Å². The molecule has 0 nitrogen and oxygen atoms in total. The van der Waals surface area contributed by atoms with Crippen LogP contribution in [0.3, 0.4) is 0 Å². The van der Waals surface area contributed by atoms with Crippen molar-refractivity contribution in [3.63, 3.8) is 0 Å². The van der Waals surface area contributed by atoms with Crippen molar-refractivity contribution in [1.82, 2.24) is 0 Å². The van der Waals surface area contributed by atoms with E-state index in [2.05, 4.69) is 291 Å². The molecular formula is C63H61Cl4P5Ru2. The second-order valence-electron chi connectivity index (χ2n) is 14.8. The van der Waals surface area contributed by atoms with Crippen LogP contribution in [0, 0.1) is 0 Å². The van der Waals surface area contributed by atoms with E-state index < -0.39 is 37.3 Å². The van der Waals surface area contributed by atoms with E-state index in [0.29, 0.717) is 0 Å². The van der Waals surface area contributed by atoms with Gasteiger partial charge in [-0.25, -0.2) is 0 Å². The second-order valence-corrected chi connectivity index (χ2v) is 29.8. The zero-order valence-electron chi connectivity index (χ0n) is 41.2. The van der Waals surface area contributed by atoms with Crippen molar-refractivity contribution < 1.29 is 28.7 Å². The minimum Gasteiger partial charge on any atom is -0.0622 e. The van der Waals surface area contributed by atoms with E-state index in [9.17, 15) is 0 Å². The molecule has 2 atom stereocenters. The summed E-state index contributed by atoms with van der Waals surface area (Å²) in [7, 11) is 24.5. The van der Waals surface area contributed by atoms with Gasteiger partial charge in [0, 0.05) is 0 Å². The fraction of sp³-hybridized carbons (Fsp3) is 0.0317. The van der Waals surface area contributed by atoms with Gasteiger partial charge in [0.05, 0.1) is 0 Å². The molecule has 0 aromatic heterocycles. The van der Waals surface area contributed by atoms with Crippen LogP contribution < -0.4 is 47.7 Å². The topological polar surface area (TPSA) is 0 Å². The van der Waals surface area contributed by atoms with Crippen LogP contribution in [-0.4, -0.2) is 17.9 Å². The zero-order valence-corrected chi connectivity index (χ0v) is 52.7. The first-order valence-electron chi connectivity index (χ1n) is 23.3. The summed E-state index contributed by atoms with van der Waals surface area (Å²) in [4.78, 5) is 0. The van der Waals surface area contributed by atoms with Crippen LogP contribution in [-0.2, 0) is 28.7 Å². The van der Waals surface area contributed by atoms with Crippen molar-refractivity contribution in [2.75, 3.05) is 13.3 Å². The molecule has 0 amide bonds. The average Bonchev–Trinajstić information content (AvgIpc) is 3.48. The van der Waals surface area contributed by atoms with E-state index >= 15 is 0 Å². The summed E-state index contributed by atoms with van der Waals surface area (Å²) in [5.41, 5.74) is 1.12. The van der Waals surface area contributed by atoms with Gasteiger partial charge in [-0.2, -0.15) is 0 Å². The molecule has 2 unspecified atom stereocenters. The molecule has 0 bridgehead atoms. The Morgan fingerprint density at radius 1 is 0.270 bits per heavy atom. The molecule has 0 heterocycles. The molecule has 10 rings (SSSR count). The Balaban J connectivity index is 0.000000209. The molecule has 0 aliphatic carbocycles. The van der Waals surface area contributed by atoms with Gasteiger partial charge in [0.1, 0.15) is 0 Å². The van der Waals surface area contributed by atoms with Crippen LogP contribution in [0.15, 0.2) is 303 Å². The molecule has 0 N–H and O–H groups in total. The third-order valence-electron chi connectivity index (χ3n) is 10.1. The van der Waals surface area contributed by atoms with Gasteiger partial charge in [0.2, 0.25) is 0 Å². The summed E-state index contributed by atoms with van der Waals surface area (Å²) in [5.74, 6) is 0. The Morgan fingerprint density at radius 2 is 0.392 bits per heavy atom. The van der Waals surface area contributed by atoms with E-state index in [4.69, 9.17) is 38.8 Å². The molecule has 10 aromatic rings. The van der Waals surface area contributed by atoms with Gasteiger partial charge in [-0.3, -0.25) is 0 Å². The number of halogens is 4.